The molecule has 140 valence electrons. The first-order valence-electron chi connectivity index (χ1n) is 9.41. The number of rotatable bonds is 5. The monoisotopic (exact) mass is 356 g/mol. The van der Waals surface area contributed by atoms with Gasteiger partial charge in [-0.1, -0.05) is 31.8 Å². The highest BCUT2D eigenvalue weighted by molar-refractivity contribution is 5.94. The normalized spacial score (nSPS) is 22.8. The predicted octanol–water partition coefficient (Wildman–Crippen LogP) is 4.42. The minimum Gasteiger partial charge on any atom is -0.489 e. The number of hydrogen-bond acceptors (Lipinski definition) is 4. The fourth-order valence-corrected chi connectivity index (χ4v) is 3.60. The van der Waals surface area contributed by atoms with Gasteiger partial charge in [0.25, 0.3) is 5.91 Å². The van der Waals surface area contributed by atoms with E-state index in [0.717, 1.165) is 29.2 Å². The predicted molar refractivity (Wildman–Crippen MR) is 100 cm³/mol. The Bertz CT molecular complexity index is 732. The van der Waals surface area contributed by atoms with Crippen LogP contribution in [0.2, 0.25) is 0 Å². The summed E-state index contributed by atoms with van der Waals surface area (Å²) in [6.07, 6.45) is 3.51. The van der Waals surface area contributed by atoms with Crippen LogP contribution in [0.15, 0.2) is 28.8 Å². The first-order chi connectivity index (χ1) is 12.5. The molecule has 1 amide bonds. The van der Waals surface area contributed by atoms with Crippen LogP contribution in [0.5, 0.6) is 5.75 Å². The minimum absolute atomic E-state index is 0.00627. The second-order valence-corrected chi connectivity index (χ2v) is 7.46. The molecule has 5 heteroatoms. The number of amides is 1. The van der Waals surface area contributed by atoms with Crippen molar-refractivity contribution in [1.82, 2.24) is 10.5 Å². The first kappa shape index (κ1) is 18.5. The molecular weight excluding hydrogens is 328 g/mol. The molecule has 26 heavy (non-hydrogen) atoms. The summed E-state index contributed by atoms with van der Waals surface area (Å²) in [7, 11) is 0. The molecule has 3 rings (SSSR count). The lowest BCUT2D eigenvalue weighted by Gasteiger charge is -2.34. The van der Waals surface area contributed by atoms with Crippen molar-refractivity contribution in [3.05, 3.63) is 46.8 Å². The first-order valence-corrected chi connectivity index (χ1v) is 9.41. The van der Waals surface area contributed by atoms with E-state index in [9.17, 15) is 4.79 Å². The highest BCUT2D eigenvalue weighted by Crippen LogP contribution is 2.29. The summed E-state index contributed by atoms with van der Waals surface area (Å²) in [5, 5.41) is 7.13. The van der Waals surface area contributed by atoms with E-state index in [4.69, 9.17) is 9.26 Å². The number of hydrogen-bond donors (Lipinski definition) is 1. The molecule has 0 radical (unpaired) electrons. The van der Waals surface area contributed by atoms with Gasteiger partial charge in [0.05, 0.1) is 11.3 Å². The SMILES string of the molecule is Cc1noc(C)c1COc1ccc(C(=O)N[C@@H]2CCC[C@H](C)[C@@H]2C)cc1. The molecule has 1 aromatic carbocycles. The lowest BCUT2D eigenvalue weighted by atomic mass is 9.78. The van der Waals surface area contributed by atoms with Gasteiger partial charge in [0.2, 0.25) is 0 Å². The summed E-state index contributed by atoms with van der Waals surface area (Å²) < 4.78 is 10.9. The van der Waals surface area contributed by atoms with Crippen molar-refractivity contribution in [1.29, 1.82) is 0 Å². The quantitative estimate of drug-likeness (QED) is 0.861. The summed E-state index contributed by atoms with van der Waals surface area (Å²) in [6, 6.07) is 7.56. The van der Waals surface area contributed by atoms with Crippen molar-refractivity contribution in [2.45, 2.75) is 59.6 Å². The molecule has 1 heterocycles. The van der Waals surface area contributed by atoms with Crippen molar-refractivity contribution >= 4 is 5.91 Å². The maximum Gasteiger partial charge on any atom is 0.251 e. The molecule has 1 N–H and O–H groups in total. The summed E-state index contributed by atoms with van der Waals surface area (Å²) >= 11 is 0. The lowest BCUT2D eigenvalue weighted by Crippen LogP contribution is -2.43. The van der Waals surface area contributed by atoms with E-state index < -0.39 is 0 Å². The van der Waals surface area contributed by atoms with Gasteiger partial charge in [0.15, 0.2) is 0 Å². The number of nitrogens with zero attached hydrogens (tertiary/aromatic N) is 1. The number of benzene rings is 1. The van der Waals surface area contributed by atoms with Crippen LogP contribution in [0.25, 0.3) is 0 Å². The largest absolute Gasteiger partial charge is 0.489 e. The molecule has 0 spiro atoms. The zero-order chi connectivity index (χ0) is 18.7. The van der Waals surface area contributed by atoms with E-state index >= 15 is 0 Å². The van der Waals surface area contributed by atoms with Crippen LogP contribution in [0.3, 0.4) is 0 Å². The number of aromatic nitrogens is 1. The van der Waals surface area contributed by atoms with Gasteiger partial charge in [-0.25, -0.2) is 0 Å². The molecule has 0 saturated heterocycles. The molecule has 0 bridgehead atoms. The van der Waals surface area contributed by atoms with Gasteiger partial charge in [-0.2, -0.15) is 0 Å². The molecule has 0 unspecified atom stereocenters. The summed E-state index contributed by atoms with van der Waals surface area (Å²) in [5.41, 5.74) is 2.47. The van der Waals surface area contributed by atoms with Crippen LogP contribution in [0.4, 0.5) is 0 Å². The van der Waals surface area contributed by atoms with Gasteiger partial charge >= 0.3 is 0 Å². The zero-order valence-corrected chi connectivity index (χ0v) is 16.0. The smallest absolute Gasteiger partial charge is 0.251 e. The third-order valence-corrected chi connectivity index (χ3v) is 5.70. The van der Waals surface area contributed by atoms with Crippen molar-refractivity contribution in [3.63, 3.8) is 0 Å². The molecule has 1 aliphatic rings. The molecule has 1 fully saturated rings. The molecule has 1 aliphatic carbocycles. The van der Waals surface area contributed by atoms with Gasteiger partial charge in [-0.3, -0.25) is 4.79 Å². The number of carbonyl (C=O) groups excluding carboxylic acids is 1. The van der Waals surface area contributed by atoms with Crippen LogP contribution >= 0.6 is 0 Å². The Morgan fingerprint density at radius 2 is 1.96 bits per heavy atom. The Morgan fingerprint density at radius 3 is 2.62 bits per heavy atom. The van der Waals surface area contributed by atoms with E-state index in [2.05, 4.69) is 24.3 Å². The molecule has 1 aromatic heterocycles. The van der Waals surface area contributed by atoms with Gasteiger partial charge in [-0.05, 0) is 56.4 Å². The van der Waals surface area contributed by atoms with E-state index in [1.54, 1.807) is 0 Å². The summed E-state index contributed by atoms with van der Waals surface area (Å²) in [4.78, 5) is 12.5. The summed E-state index contributed by atoms with van der Waals surface area (Å²) in [5.74, 6) is 2.67. The molecule has 5 nitrogen and oxygen atoms in total. The van der Waals surface area contributed by atoms with Crippen LogP contribution in [0.1, 0.15) is 60.5 Å². The van der Waals surface area contributed by atoms with E-state index in [0.29, 0.717) is 24.0 Å². The second-order valence-electron chi connectivity index (χ2n) is 7.46. The lowest BCUT2D eigenvalue weighted by molar-refractivity contribution is 0.0891. The second kappa shape index (κ2) is 7.94. The Kier molecular flexibility index (Phi) is 5.64. The molecule has 2 aromatic rings. The van der Waals surface area contributed by atoms with Crippen molar-refractivity contribution in [2.24, 2.45) is 11.8 Å². The molecule has 3 atom stereocenters. The van der Waals surface area contributed by atoms with Gasteiger partial charge in [-0.15, -0.1) is 0 Å². The third-order valence-electron chi connectivity index (χ3n) is 5.70. The van der Waals surface area contributed by atoms with Gasteiger partial charge in [0, 0.05) is 11.6 Å². The van der Waals surface area contributed by atoms with Crippen LogP contribution < -0.4 is 10.1 Å². The Balaban J connectivity index is 1.57. The summed E-state index contributed by atoms with van der Waals surface area (Å²) in [6.45, 7) is 8.69. The minimum atomic E-state index is -0.00627. The number of nitrogens with one attached hydrogen (secondary N) is 1. The number of ether oxygens (including phenoxy) is 1. The third kappa shape index (κ3) is 4.09. The van der Waals surface area contributed by atoms with Crippen molar-refractivity contribution in [2.75, 3.05) is 0 Å². The fourth-order valence-electron chi connectivity index (χ4n) is 3.60. The van der Waals surface area contributed by atoms with E-state index in [-0.39, 0.29) is 11.9 Å². The highest BCUT2D eigenvalue weighted by Gasteiger charge is 2.28. The molecule has 1 saturated carbocycles. The highest BCUT2D eigenvalue weighted by atomic mass is 16.5. The van der Waals surface area contributed by atoms with E-state index in [1.165, 1.54) is 12.8 Å². The molecular formula is C21H28N2O3. The average molecular weight is 356 g/mol. The van der Waals surface area contributed by atoms with Crippen LogP contribution in [0, 0.1) is 25.7 Å². The zero-order valence-electron chi connectivity index (χ0n) is 16.0. The number of carbonyl (C=O) groups is 1. The average Bonchev–Trinajstić information content (AvgIpc) is 2.95. The fraction of sp³-hybridized carbons (Fsp3) is 0.524. The maximum absolute atomic E-state index is 12.5. The Morgan fingerprint density at radius 1 is 1.23 bits per heavy atom. The van der Waals surface area contributed by atoms with Crippen LogP contribution in [-0.4, -0.2) is 17.1 Å². The Hall–Kier alpha value is -2.30. The maximum atomic E-state index is 12.5. The van der Waals surface area contributed by atoms with Gasteiger partial charge in [0.1, 0.15) is 18.1 Å². The number of aryl methyl sites for hydroxylation is 2. The standard InChI is InChI=1S/C21H28N2O3/c1-13-6-5-7-20(14(13)2)22-21(24)17-8-10-18(11-9-17)25-12-19-15(3)23-26-16(19)4/h8-11,13-14,20H,5-7,12H2,1-4H3,(H,22,24)/t13-,14-,20+/m0/s1. The Labute approximate surface area is 155 Å². The van der Waals surface area contributed by atoms with Crippen LogP contribution in [-0.2, 0) is 6.61 Å². The molecule has 0 aliphatic heterocycles. The van der Waals surface area contributed by atoms with E-state index in [1.807, 2.05) is 38.1 Å². The van der Waals surface area contributed by atoms with Crippen molar-refractivity contribution in [3.8, 4) is 5.75 Å². The van der Waals surface area contributed by atoms with Crippen molar-refractivity contribution < 1.29 is 14.1 Å². The topological polar surface area (TPSA) is 64.4 Å². The van der Waals surface area contributed by atoms with Gasteiger partial charge < -0.3 is 14.6 Å².